The number of carbonyl (C=O) groups is 2. The Hall–Kier alpha value is -3.41. The first kappa shape index (κ1) is 20.8. The fourth-order valence-corrected chi connectivity index (χ4v) is 4.06. The molecule has 4 rings (SSSR count). The SMILES string of the molecule is CCOC(=O)Cc1csc(NC(=O)C2CCN(c3cc(-n4cncn4)ncn3)CC2)n1. The zero-order chi connectivity index (χ0) is 21.6. The maximum Gasteiger partial charge on any atom is 0.311 e. The van der Waals surface area contributed by atoms with Crippen LogP contribution in [0.1, 0.15) is 25.5 Å². The molecular formula is C19H22N8O3S. The number of carbonyl (C=O) groups excluding carboxylic acids is 2. The second-order valence-corrected chi connectivity index (χ2v) is 7.81. The van der Waals surface area contributed by atoms with Crippen molar-refractivity contribution in [3.05, 3.63) is 36.1 Å². The minimum atomic E-state index is -0.324. The zero-order valence-corrected chi connectivity index (χ0v) is 17.8. The molecule has 31 heavy (non-hydrogen) atoms. The molecular weight excluding hydrogens is 420 g/mol. The number of amides is 1. The smallest absolute Gasteiger partial charge is 0.311 e. The molecule has 0 radical (unpaired) electrons. The Morgan fingerprint density at radius 2 is 2.03 bits per heavy atom. The molecule has 1 aliphatic rings. The lowest BCUT2D eigenvalue weighted by Crippen LogP contribution is -2.38. The number of nitrogens with one attached hydrogen (secondary N) is 1. The van der Waals surface area contributed by atoms with Crippen LogP contribution in [0.2, 0.25) is 0 Å². The van der Waals surface area contributed by atoms with Crippen LogP contribution in [0.5, 0.6) is 0 Å². The molecule has 1 N–H and O–H groups in total. The summed E-state index contributed by atoms with van der Waals surface area (Å²) in [5, 5.41) is 9.22. The van der Waals surface area contributed by atoms with Gasteiger partial charge in [0.2, 0.25) is 5.91 Å². The second-order valence-electron chi connectivity index (χ2n) is 6.95. The van der Waals surface area contributed by atoms with E-state index in [0.717, 1.165) is 5.82 Å². The number of hydrogen-bond donors (Lipinski definition) is 1. The van der Waals surface area contributed by atoms with Gasteiger partial charge in [-0.1, -0.05) is 0 Å². The molecule has 0 saturated carbocycles. The first-order valence-corrected chi connectivity index (χ1v) is 10.8. The molecule has 1 amide bonds. The van der Waals surface area contributed by atoms with Gasteiger partial charge in [0, 0.05) is 30.5 Å². The Bertz CT molecular complexity index is 1030. The van der Waals surface area contributed by atoms with E-state index in [4.69, 9.17) is 4.74 Å². The van der Waals surface area contributed by atoms with Crippen LogP contribution in [0.3, 0.4) is 0 Å². The van der Waals surface area contributed by atoms with E-state index < -0.39 is 0 Å². The lowest BCUT2D eigenvalue weighted by atomic mass is 9.96. The Kier molecular flexibility index (Phi) is 6.46. The molecule has 0 aromatic carbocycles. The molecule has 3 aromatic rings. The Morgan fingerprint density at radius 3 is 2.77 bits per heavy atom. The van der Waals surface area contributed by atoms with Crippen LogP contribution in [0.4, 0.5) is 10.9 Å². The van der Waals surface area contributed by atoms with Gasteiger partial charge in [-0.3, -0.25) is 9.59 Å². The summed E-state index contributed by atoms with van der Waals surface area (Å²) in [7, 11) is 0. The van der Waals surface area contributed by atoms with Gasteiger partial charge >= 0.3 is 5.97 Å². The normalized spacial score (nSPS) is 14.4. The number of hydrogen-bond acceptors (Lipinski definition) is 10. The highest BCUT2D eigenvalue weighted by molar-refractivity contribution is 7.13. The highest BCUT2D eigenvalue weighted by Crippen LogP contribution is 2.24. The first-order valence-electron chi connectivity index (χ1n) is 9.95. The van der Waals surface area contributed by atoms with E-state index in [2.05, 4.69) is 35.3 Å². The van der Waals surface area contributed by atoms with E-state index in [9.17, 15) is 9.59 Å². The number of esters is 1. The van der Waals surface area contributed by atoms with Crippen LogP contribution in [-0.2, 0) is 20.7 Å². The van der Waals surface area contributed by atoms with Crippen molar-refractivity contribution in [2.75, 3.05) is 29.9 Å². The minimum absolute atomic E-state index is 0.0531. The summed E-state index contributed by atoms with van der Waals surface area (Å²) >= 11 is 1.31. The molecule has 0 unspecified atom stereocenters. The Morgan fingerprint density at radius 1 is 1.23 bits per heavy atom. The Labute approximate surface area is 182 Å². The molecule has 0 atom stereocenters. The molecule has 12 heteroatoms. The van der Waals surface area contributed by atoms with Gasteiger partial charge in [0.05, 0.1) is 18.7 Å². The molecule has 0 aliphatic carbocycles. The topological polar surface area (TPSA) is 128 Å². The number of anilines is 2. The van der Waals surface area contributed by atoms with E-state index in [1.54, 1.807) is 23.3 Å². The van der Waals surface area contributed by atoms with Crippen molar-refractivity contribution in [1.29, 1.82) is 0 Å². The zero-order valence-electron chi connectivity index (χ0n) is 17.0. The van der Waals surface area contributed by atoms with E-state index >= 15 is 0 Å². The van der Waals surface area contributed by atoms with Crippen LogP contribution in [-0.4, -0.2) is 61.3 Å². The number of piperidine rings is 1. The number of thiazole rings is 1. The maximum absolute atomic E-state index is 12.7. The third-order valence-corrected chi connectivity index (χ3v) is 5.70. The molecule has 3 aromatic heterocycles. The third-order valence-electron chi connectivity index (χ3n) is 4.89. The van der Waals surface area contributed by atoms with Crippen LogP contribution in [0, 0.1) is 5.92 Å². The van der Waals surface area contributed by atoms with Gasteiger partial charge in [-0.2, -0.15) is 5.10 Å². The summed E-state index contributed by atoms with van der Waals surface area (Å²) in [4.78, 5) is 43.2. The van der Waals surface area contributed by atoms with Gasteiger partial charge in [0.25, 0.3) is 0 Å². The predicted molar refractivity (Wildman–Crippen MR) is 113 cm³/mol. The van der Waals surface area contributed by atoms with Crippen LogP contribution in [0.15, 0.2) is 30.4 Å². The molecule has 1 saturated heterocycles. The van der Waals surface area contributed by atoms with Crippen molar-refractivity contribution in [1.82, 2.24) is 29.7 Å². The van der Waals surface area contributed by atoms with Crippen LogP contribution < -0.4 is 10.2 Å². The van der Waals surface area contributed by atoms with Crippen molar-refractivity contribution in [3.63, 3.8) is 0 Å². The van der Waals surface area contributed by atoms with Gasteiger partial charge in [-0.25, -0.2) is 24.6 Å². The van der Waals surface area contributed by atoms with E-state index in [1.165, 1.54) is 24.0 Å². The number of rotatable bonds is 7. The second kappa shape index (κ2) is 9.60. The first-order chi connectivity index (χ1) is 15.1. The molecule has 0 spiro atoms. The summed E-state index contributed by atoms with van der Waals surface area (Å²) in [6.45, 7) is 3.51. The number of ether oxygens (including phenoxy) is 1. The van der Waals surface area contributed by atoms with Crippen molar-refractivity contribution in [2.45, 2.75) is 26.2 Å². The van der Waals surface area contributed by atoms with Crippen LogP contribution in [0.25, 0.3) is 5.82 Å². The number of nitrogens with zero attached hydrogens (tertiary/aromatic N) is 7. The Balaban J connectivity index is 1.30. The van der Waals surface area contributed by atoms with Gasteiger partial charge in [-0.05, 0) is 19.8 Å². The summed E-state index contributed by atoms with van der Waals surface area (Å²) in [5.41, 5.74) is 0.598. The van der Waals surface area contributed by atoms with Gasteiger partial charge in [0.1, 0.15) is 24.8 Å². The summed E-state index contributed by atoms with van der Waals surface area (Å²) in [5.74, 6) is 0.954. The van der Waals surface area contributed by atoms with Gasteiger partial charge in [0.15, 0.2) is 10.9 Å². The lowest BCUT2D eigenvalue weighted by Gasteiger charge is -2.32. The molecule has 1 aliphatic heterocycles. The highest BCUT2D eigenvalue weighted by Gasteiger charge is 2.26. The third kappa shape index (κ3) is 5.20. The fourth-order valence-electron chi connectivity index (χ4n) is 3.35. The van der Waals surface area contributed by atoms with Crippen molar-refractivity contribution in [2.24, 2.45) is 5.92 Å². The summed E-state index contributed by atoms with van der Waals surface area (Å²) < 4.78 is 6.50. The van der Waals surface area contributed by atoms with Crippen molar-refractivity contribution in [3.8, 4) is 5.82 Å². The van der Waals surface area contributed by atoms with Gasteiger partial charge in [-0.15, -0.1) is 11.3 Å². The number of aromatic nitrogens is 6. The van der Waals surface area contributed by atoms with E-state index in [-0.39, 0.29) is 24.2 Å². The summed E-state index contributed by atoms with van der Waals surface area (Å²) in [6.07, 6.45) is 6.05. The van der Waals surface area contributed by atoms with Crippen LogP contribution >= 0.6 is 11.3 Å². The largest absolute Gasteiger partial charge is 0.466 e. The predicted octanol–water partition coefficient (Wildman–Crippen LogP) is 1.47. The lowest BCUT2D eigenvalue weighted by molar-refractivity contribution is -0.142. The average Bonchev–Trinajstić information content (AvgIpc) is 3.47. The van der Waals surface area contributed by atoms with Crippen molar-refractivity contribution >= 4 is 34.2 Å². The molecule has 162 valence electrons. The molecule has 1 fully saturated rings. The average molecular weight is 443 g/mol. The molecule has 11 nitrogen and oxygen atoms in total. The van der Waals surface area contributed by atoms with E-state index in [1.807, 2.05) is 6.07 Å². The minimum Gasteiger partial charge on any atom is -0.466 e. The maximum atomic E-state index is 12.7. The summed E-state index contributed by atoms with van der Waals surface area (Å²) in [6, 6.07) is 1.86. The van der Waals surface area contributed by atoms with Crippen molar-refractivity contribution < 1.29 is 14.3 Å². The standard InChI is InChI=1S/C19H22N8O3S/c1-2-30-17(28)7-14-9-31-19(24-14)25-18(29)13-3-5-26(6-4-13)15-8-16(22-11-21-15)27-12-20-10-23-27/h8-13H,2-7H2,1H3,(H,24,25,29). The highest BCUT2D eigenvalue weighted by atomic mass is 32.1. The van der Waals surface area contributed by atoms with E-state index in [0.29, 0.717) is 49.2 Å². The fraction of sp³-hybridized carbons (Fsp3) is 0.421. The molecule has 0 bridgehead atoms. The molecule has 4 heterocycles. The quantitative estimate of drug-likeness (QED) is 0.541. The monoisotopic (exact) mass is 442 g/mol. The van der Waals surface area contributed by atoms with Gasteiger partial charge < -0.3 is 15.0 Å².